The predicted octanol–water partition coefficient (Wildman–Crippen LogP) is 2.31. The second-order valence-corrected chi connectivity index (χ2v) is 6.90. The van der Waals surface area contributed by atoms with Crippen molar-refractivity contribution in [2.45, 2.75) is 18.7 Å². The summed E-state index contributed by atoms with van der Waals surface area (Å²) in [7, 11) is 3.49. The van der Waals surface area contributed by atoms with E-state index in [4.69, 9.17) is 4.74 Å². The van der Waals surface area contributed by atoms with Crippen molar-refractivity contribution in [3.8, 4) is 0 Å². The summed E-state index contributed by atoms with van der Waals surface area (Å²) in [5.41, 5.74) is 0.899. The lowest BCUT2D eigenvalue weighted by Crippen LogP contribution is -2.53. The van der Waals surface area contributed by atoms with Gasteiger partial charge in [-0.15, -0.1) is 11.3 Å². The number of rotatable bonds is 4. The Bertz CT molecular complexity index is 702. The Balaban J connectivity index is 1.83. The molecule has 1 aliphatic rings. The van der Waals surface area contributed by atoms with Gasteiger partial charge in [-0.3, -0.25) is 9.59 Å². The van der Waals surface area contributed by atoms with E-state index in [1.807, 2.05) is 47.8 Å². The zero-order chi connectivity index (χ0) is 17.1. The van der Waals surface area contributed by atoms with E-state index >= 15 is 0 Å². The lowest BCUT2D eigenvalue weighted by atomic mass is 9.97. The molecule has 2 unspecified atom stereocenters. The molecule has 126 valence electrons. The van der Waals surface area contributed by atoms with Crippen LogP contribution in [0.5, 0.6) is 0 Å². The summed E-state index contributed by atoms with van der Waals surface area (Å²) >= 11 is 1.61. The van der Waals surface area contributed by atoms with Crippen molar-refractivity contribution in [1.82, 2.24) is 9.80 Å². The molecule has 0 aliphatic carbocycles. The number of hydrogen-bond acceptors (Lipinski definition) is 4. The molecule has 1 aromatic carbocycles. The first-order valence-electron chi connectivity index (χ1n) is 7.77. The van der Waals surface area contributed by atoms with Crippen LogP contribution >= 0.6 is 11.3 Å². The number of carbonyl (C=O) groups is 2. The Labute approximate surface area is 145 Å². The summed E-state index contributed by atoms with van der Waals surface area (Å²) in [4.78, 5) is 29.4. The maximum absolute atomic E-state index is 12.9. The Kier molecular flexibility index (Phi) is 4.97. The molecule has 1 fully saturated rings. The molecule has 0 bridgehead atoms. The van der Waals surface area contributed by atoms with Crippen molar-refractivity contribution in [1.29, 1.82) is 0 Å². The SMILES string of the molecule is CN(Cc1cccs1)C(=O)C1OCC(=O)N(C)C1c1ccccc1. The van der Waals surface area contributed by atoms with Gasteiger partial charge in [0, 0.05) is 19.0 Å². The van der Waals surface area contributed by atoms with Crippen LogP contribution in [0, 0.1) is 0 Å². The van der Waals surface area contributed by atoms with E-state index < -0.39 is 12.1 Å². The molecular weight excluding hydrogens is 324 g/mol. The van der Waals surface area contributed by atoms with Gasteiger partial charge in [0.1, 0.15) is 6.61 Å². The summed E-state index contributed by atoms with van der Waals surface area (Å²) < 4.78 is 5.65. The maximum atomic E-state index is 12.9. The van der Waals surface area contributed by atoms with Gasteiger partial charge in [0.15, 0.2) is 6.10 Å². The van der Waals surface area contributed by atoms with Crippen LogP contribution in [-0.2, 0) is 20.9 Å². The van der Waals surface area contributed by atoms with Crippen LogP contribution in [0.3, 0.4) is 0 Å². The summed E-state index contributed by atoms with van der Waals surface area (Å²) in [5, 5.41) is 1.99. The third kappa shape index (κ3) is 3.34. The minimum Gasteiger partial charge on any atom is -0.356 e. The topological polar surface area (TPSA) is 49.9 Å². The summed E-state index contributed by atoms with van der Waals surface area (Å²) in [5.74, 6) is -0.231. The number of hydrogen-bond donors (Lipinski definition) is 0. The number of amides is 2. The van der Waals surface area contributed by atoms with Crippen LogP contribution in [0.15, 0.2) is 47.8 Å². The zero-order valence-corrected chi connectivity index (χ0v) is 14.5. The van der Waals surface area contributed by atoms with E-state index in [0.717, 1.165) is 10.4 Å². The lowest BCUT2D eigenvalue weighted by Gasteiger charge is -2.39. The number of benzene rings is 1. The quantitative estimate of drug-likeness (QED) is 0.855. The number of ether oxygens (including phenoxy) is 1. The average molecular weight is 344 g/mol. The minimum absolute atomic E-state index is 0.0664. The van der Waals surface area contributed by atoms with Crippen molar-refractivity contribution in [3.63, 3.8) is 0 Å². The molecule has 24 heavy (non-hydrogen) atoms. The standard InChI is InChI=1S/C18H20N2O3S/c1-19(11-14-9-6-10-24-14)18(22)17-16(13-7-4-3-5-8-13)20(2)15(21)12-23-17/h3-10,16-17H,11-12H2,1-2H3. The first-order chi connectivity index (χ1) is 11.6. The molecule has 0 saturated carbocycles. The molecule has 2 heterocycles. The Morgan fingerprint density at radius 3 is 2.71 bits per heavy atom. The molecule has 3 rings (SSSR count). The maximum Gasteiger partial charge on any atom is 0.254 e. The number of thiophene rings is 1. The molecular formula is C18H20N2O3S. The van der Waals surface area contributed by atoms with Crippen molar-refractivity contribution in [2.75, 3.05) is 20.7 Å². The summed E-state index contributed by atoms with van der Waals surface area (Å²) in [6.45, 7) is 0.471. The fourth-order valence-electron chi connectivity index (χ4n) is 2.90. The second kappa shape index (κ2) is 7.15. The smallest absolute Gasteiger partial charge is 0.254 e. The van der Waals surface area contributed by atoms with Gasteiger partial charge in [-0.25, -0.2) is 0 Å². The molecule has 5 nitrogen and oxygen atoms in total. The molecule has 1 aliphatic heterocycles. The van der Waals surface area contributed by atoms with Crippen LogP contribution < -0.4 is 0 Å². The first-order valence-corrected chi connectivity index (χ1v) is 8.65. The van der Waals surface area contributed by atoms with Crippen LogP contribution in [0.4, 0.5) is 0 Å². The third-order valence-electron chi connectivity index (χ3n) is 4.22. The van der Waals surface area contributed by atoms with E-state index in [1.54, 1.807) is 35.2 Å². The Morgan fingerprint density at radius 1 is 1.29 bits per heavy atom. The molecule has 0 N–H and O–H groups in total. The number of likely N-dealkylation sites (N-methyl/N-ethyl adjacent to an activating group) is 2. The highest BCUT2D eigenvalue weighted by Crippen LogP contribution is 2.30. The van der Waals surface area contributed by atoms with Gasteiger partial charge >= 0.3 is 0 Å². The average Bonchev–Trinajstić information content (AvgIpc) is 3.10. The first kappa shape index (κ1) is 16.7. The summed E-state index contributed by atoms with van der Waals surface area (Å²) in [6.07, 6.45) is -0.694. The Morgan fingerprint density at radius 2 is 2.04 bits per heavy atom. The minimum atomic E-state index is -0.694. The molecule has 2 atom stereocenters. The van der Waals surface area contributed by atoms with Crippen molar-refractivity contribution >= 4 is 23.2 Å². The van der Waals surface area contributed by atoms with E-state index in [9.17, 15) is 9.59 Å². The van der Waals surface area contributed by atoms with Crippen LogP contribution in [0.2, 0.25) is 0 Å². The van der Waals surface area contributed by atoms with Gasteiger partial charge in [-0.1, -0.05) is 36.4 Å². The third-order valence-corrected chi connectivity index (χ3v) is 5.08. The second-order valence-electron chi connectivity index (χ2n) is 5.87. The van der Waals surface area contributed by atoms with E-state index in [1.165, 1.54) is 0 Å². The highest BCUT2D eigenvalue weighted by molar-refractivity contribution is 7.09. The lowest BCUT2D eigenvalue weighted by molar-refractivity contribution is -0.167. The van der Waals surface area contributed by atoms with Crippen molar-refractivity contribution in [2.24, 2.45) is 0 Å². The number of morpholine rings is 1. The zero-order valence-electron chi connectivity index (χ0n) is 13.7. The van der Waals surface area contributed by atoms with Crippen LogP contribution in [0.25, 0.3) is 0 Å². The van der Waals surface area contributed by atoms with Gasteiger partial charge in [0.05, 0.1) is 12.6 Å². The largest absolute Gasteiger partial charge is 0.356 e. The fourth-order valence-corrected chi connectivity index (χ4v) is 3.66. The van der Waals surface area contributed by atoms with E-state index in [-0.39, 0.29) is 18.4 Å². The molecule has 2 amide bonds. The highest BCUT2D eigenvalue weighted by Gasteiger charge is 2.41. The monoisotopic (exact) mass is 344 g/mol. The van der Waals surface area contributed by atoms with Gasteiger partial charge in [-0.05, 0) is 17.0 Å². The molecule has 1 saturated heterocycles. The van der Waals surface area contributed by atoms with Crippen molar-refractivity contribution in [3.05, 3.63) is 58.3 Å². The number of nitrogens with zero attached hydrogens (tertiary/aromatic N) is 2. The molecule has 2 aromatic rings. The molecule has 0 spiro atoms. The van der Waals surface area contributed by atoms with E-state index in [0.29, 0.717) is 6.54 Å². The van der Waals surface area contributed by atoms with Gasteiger partial charge < -0.3 is 14.5 Å². The molecule has 6 heteroatoms. The normalized spacial score (nSPS) is 20.9. The number of carbonyl (C=O) groups excluding carboxylic acids is 2. The van der Waals surface area contributed by atoms with Crippen LogP contribution in [0.1, 0.15) is 16.5 Å². The van der Waals surface area contributed by atoms with Crippen molar-refractivity contribution < 1.29 is 14.3 Å². The summed E-state index contributed by atoms with van der Waals surface area (Å²) in [6, 6.07) is 13.1. The highest BCUT2D eigenvalue weighted by atomic mass is 32.1. The molecule has 1 aromatic heterocycles. The van der Waals surface area contributed by atoms with Gasteiger partial charge in [0.2, 0.25) is 5.91 Å². The molecule has 0 radical (unpaired) electrons. The van der Waals surface area contributed by atoms with Gasteiger partial charge in [-0.2, -0.15) is 0 Å². The van der Waals surface area contributed by atoms with Crippen LogP contribution in [-0.4, -0.2) is 48.4 Å². The van der Waals surface area contributed by atoms with Gasteiger partial charge in [0.25, 0.3) is 5.91 Å². The van der Waals surface area contributed by atoms with E-state index in [2.05, 4.69) is 0 Å². The predicted molar refractivity (Wildman–Crippen MR) is 92.5 cm³/mol. The Hall–Kier alpha value is -2.18. The fraction of sp³-hybridized carbons (Fsp3) is 0.333.